The van der Waals surface area contributed by atoms with E-state index in [1.165, 1.54) is 0 Å². The van der Waals surface area contributed by atoms with Gasteiger partial charge in [0.25, 0.3) is 0 Å². The lowest BCUT2D eigenvalue weighted by molar-refractivity contribution is 0.411. The smallest absolute Gasteiger partial charge is 0.186 e. The molecule has 6 heteroatoms. The molecule has 3 aromatic rings. The number of ether oxygens (including phenoxy) is 1. The third-order valence-electron chi connectivity index (χ3n) is 3.10. The van der Waals surface area contributed by atoms with E-state index < -0.39 is 0 Å². The van der Waals surface area contributed by atoms with Crippen molar-refractivity contribution in [1.29, 1.82) is 5.26 Å². The van der Waals surface area contributed by atoms with Crippen LogP contribution in [-0.2, 0) is 6.42 Å². The number of nitrogens with zero attached hydrogens (tertiary/aromatic N) is 4. The molecule has 0 aliphatic heterocycles. The van der Waals surface area contributed by atoms with E-state index in [2.05, 4.69) is 16.4 Å². The monoisotopic (exact) mass is 296 g/mol. The molecule has 0 bridgehead atoms. The standard InChI is InChI=1S/C15H12N4OS/c1-20-15-7-3-2-6-13(15)19-14(12(10-16)17-18-19)9-11-5-4-8-21-11/h2-8H,9H2,1H3. The van der Waals surface area contributed by atoms with Crippen LogP contribution in [0.25, 0.3) is 5.69 Å². The van der Waals surface area contributed by atoms with Crippen LogP contribution < -0.4 is 4.74 Å². The number of benzene rings is 1. The van der Waals surface area contributed by atoms with Gasteiger partial charge >= 0.3 is 0 Å². The Labute approximate surface area is 126 Å². The molecule has 0 atom stereocenters. The average molecular weight is 296 g/mol. The summed E-state index contributed by atoms with van der Waals surface area (Å²) in [5, 5.41) is 19.3. The van der Waals surface area contributed by atoms with Gasteiger partial charge in [-0.05, 0) is 23.6 Å². The average Bonchev–Trinajstić information content (AvgIpc) is 3.17. The number of hydrogen-bond donors (Lipinski definition) is 0. The van der Waals surface area contributed by atoms with E-state index >= 15 is 0 Å². The highest BCUT2D eigenvalue weighted by atomic mass is 32.1. The predicted octanol–water partition coefficient (Wildman–Crippen LogP) is 2.80. The van der Waals surface area contributed by atoms with E-state index in [-0.39, 0.29) is 0 Å². The van der Waals surface area contributed by atoms with Gasteiger partial charge in [0, 0.05) is 11.3 Å². The van der Waals surface area contributed by atoms with E-state index in [4.69, 9.17) is 4.74 Å². The fourth-order valence-corrected chi connectivity index (χ4v) is 2.83. The first kappa shape index (κ1) is 13.3. The van der Waals surface area contributed by atoms with Crippen LogP contribution in [0.1, 0.15) is 16.3 Å². The van der Waals surface area contributed by atoms with Gasteiger partial charge in [0.05, 0.1) is 12.8 Å². The van der Waals surface area contributed by atoms with Crippen LogP contribution in [0.3, 0.4) is 0 Å². The molecule has 0 aliphatic carbocycles. The lowest BCUT2D eigenvalue weighted by atomic mass is 10.2. The fourth-order valence-electron chi connectivity index (χ4n) is 2.12. The molecule has 0 N–H and O–H groups in total. The second-order valence-corrected chi connectivity index (χ2v) is 5.37. The van der Waals surface area contributed by atoms with E-state index in [1.807, 2.05) is 41.8 Å². The first-order valence-corrected chi connectivity index (χ1v) is 7.22. The number of thiophene rings is 1. The number of methoxy groups -OCH3 is 1. The van der Waals surface area contributed by atoms with E-state index in [1.54, 1.807) is 23.1 Å². The molecule has 0 saturated heterocycles. The number of nitriles is 1. The summed E-state index contributed by atoms with van der Waals surface area (Å²) in [4.78, 5) is 1.16. The van der Waals surface area contributed by atoms with Crippen LogP contribution in [-0.4, -0.2) is 22.1 Å². The predicted molar refractivity (Wildman–Crippen MR) is 79.8 cm³/mol. The van der Waals surface area contributed by atoms with Crippen LogP contribution in [0.4, 0.5) is 0 Å². The molecular formula is C15H12N4OS. The molecule has 0 amide bonds. The molecule has 0 radical (unpaired) electrons. The van der Waals surface area contributed by atoms with Gasteiger partial charge < -0.3 is 4.74 Å². The van der Waals surface area contributed by atoms with Gasteiger partial charge in [0.2, 0.25) is 0 Å². The molecule has 0 saturated carbocycles. The van der Waals surface area contributed by atoms with Crippen LogP contribution in [0.5, 0.6) is 5.75 Å². The molecule has 0 spiro atoms. The molecule has 21 heavy (non-hydrogen) atoms. The fraction of sp³-hybridized carbons (Fsp3) is 0.133. The summed E-state index contributed by atoms with van der Waals surface area (Å²) in [5.74, 6) is 0.694. The largest absolute Gasteiger partial charge is 0.494 e. The zero-order valence-corrected chi connectivity index (χ0v) is 12.2. The summed E-state index contributed by atoms with van der Waals surface area (Å²) in [6.07, 6.45) is 0.617. The maximum absolute atomic E-state index is 9.24. The Balaban J connectivity index is 2.11. The summed E-state index contributed by atoms with van der Waals surface area (Å²) in [6, 6.07) is 13.7. The normalized spacial score (nSPS) is 10.3. The van der Waals surface area contributed by atoms with Crippen molar-refractivity contribution in [2.75, 3.05) is 7.11 Å². The maximum Gasteiger partial charge on any atom is 0.186 e. The summed E-state index contributed by atoms with van der Waals surface area (Å²) in [5.41, 5.74) is 1.89. The Morgan fingerprint density at radius 1 is 1.29 bits per heavy atom. The van der Waals surface area contributed by atoms with Gasteiger partial charge in [-0.1, -0.05) is 23.4 Å². The second-order valence-electron chi connectivity index (χ2n) is 4.34. The van der Waals surface area contributed by atoms with E-state index in [9.17, 15) is 5.26 Å². The van der Waals surface area contributed by atoms with E-state index in [0.29, 0.717) is 17.9 Å². The van der Waals surface area contributed by atoms with Gasteiger partial charge in [0.15, 0.2) is 5.69 Å². The van der Waals surface area contributed by atoms with Crippen LogP contribution in [0.15, 0.2) is 41.8 Å². The molecule has 0 aliphatic rings. The Hall–Kier alpha value is -2.65. The van der Waals surface area contributed by atoms with Crippen LogP contribution in [0.2, 0.25) is 0 Å². The Morgan fingerprint density at radius 2 is 2.14 bits per heavy atom. The molecule has 1 aromatic carbocycles. The molecule has 5 nitrogen and oxygen atoms in total. The molecule has 2 aromatic heterocycles. The Bertz CT molecular complexity index is 786. The highest BCUT2D eigenvalue weighted by molar-refractivity contribution is 7.09. The first-order chi connectivity index (χ1) is 10.3. The van der Waals surface area contributed by atoms with Crippen molar-refractivity contribution in [3.05, 3.63) is 58.0 Å². The lowest BCUT2D eigenvalue weighted by Crippen LogP contribution is -2.05. The minimum Gasteiger partial charge on any atom is -0.494 e. The van der Waals surface area contributed by atoms with Crippen LogP contribution in [0, 0.1) is 11.3 Å². The summed E-state index contributed by atoms with van der Waals surface area (Å²) < 4.78 is 7.04. The van der Waals surface area contributed by atoms with Gasteiger partial charge in [0.1, 0.15) is 17.5 Å². The minimum atomic E-state index is 0.342. The van der Waals surface area contributed by atoms with Crippen molar-refractivity contribution in [1.82, 2.24) is 15.0 Å². The topological polar surface area (TPSA) is 63.7 Å². The maximum atomic E-state index is 9.24. The van der Waals surface area contributed by atoms with Crippen molar-refractivity contribution in [2.45, 2.75) is 6.42 Å². The number of rotatable bonds is 4. The zero-order chi connectivity index (χ0) is 14.7. The summed E-state index contributed by atoms with van der Waals surface area (Å²) in [7, 11) is 1.61. The molecule has 3 rings (SSSR count). The van der Waals surface area contributed by atoms with E-state index in [0.717, 1.165) is 16.3 Å². The molecule has 104 valence electrons. The van der Waals surface area contributed by atoms with Gasteiger partial charge in [-0.25, -0.2) is 4.68 Å². The molecular weight excluding hydrogens is 284 g/mol. The van der Waals surface area contributed by atoms with Crippen molar-refractivity contribution < 1.29 is 4.74 Å². The minimum absolute atomic E-state index is 0.342. The molecule has 0 unspecified atom stereocenters. The summed E-state index contributed by atoms with van der Waals surface area (Å²) in [6.45, 7) is 0. The zero-order valence-electron chi connectivity index (χ0n) is 11.4. The molecule has 2 heterocycles. The Kier molecular flexibility index (Phi) is 3.67. The Morgan fingerprint density at radius 3 is 2.86 bits per heavy atom. The summed E-state index contributed by atoms with van der Waals surface area (Å²) >= 11 is 1.64. The number of aromatic nitrogens is 3. The van der Waals surface area contributed by atoms with Crippen molar-refractivity contribution in [3.8, 4) is 17.5 Å². The SMILES string of the molecule is COc1ccccc1-n1nnc(C#N)c1Cc1cccs1. The highest BCUT2D eigenvalue weighted by Crippen LogP contribution is 2.25. The highest BCUT2D eigenvalue weighted by Gasteiger charge is 2.17. The third kappa shape index (κ3) is 2.51. The van der Waals surface area contributed by atoms with Crippen molar-refractivity contribution in [3.63, 3.8) is 0 Å². The van der Waals surface area contributed by atoms with Gasteiger partial charge in [-0.2, -0.15) is 5.26 Å². The van der Waals surface area contributed by atoms with Gasteiger partial charge in [-0.3, -0.25) is 0 Å². The van der Waals surface area contributed by atoms with Crippen LogP contribution >= 0.6 is 11.3 Å². The number of hydrogen-bond acceptors (Lipinski definition) is 5. The number of para-hydroxylation sites is 2. The van der Waals surface area contributed by atoms with Gasteiger partial charge in [-0.15, -0.1) is 16.4 Å². The lowest BCUT2D eigenvalue weighted by Gasteiger charge is -2.10. The third-order valence-corrected chi connectivity index (χ3v) is 3.98. The van der Waals surface area contributed by atoms with Crippen molar-refractivity contribution in [2.24, 2.45) is 0 Å². The second kappa shape index (κ2) is 5.77. The first-order valence-electron chi connectivity index (χ1n) is 6.34. The van der Waals surface area contributed by atoms with Crippen molar-refractivity contribution >= 4 is 11.3 Å². The molecule has 0 fully saturated rings. The quantitative estimate of drug-likeness (QED) is 0.742.